The predicted molar refractivity (Wildman–Crippen MR) is 125 cm³/mol. The number of amides is 2. The molecule has 2 saturated heterocycles. The van der Waals surface area contributed by atoms with E-state index >= 15 is 0 Å². The molecule has 0 unspecified atom stereocenters. The molecule has 32 heavy (non-hydrogen) atoms. The van der Waals surface area contributed by atoms with Gasteiger partial charge in [0.05, 0.1) is 24.2 Å². The summed E-state index contributed by atoms with van der Waals surface area (Å²) in [6.07, 6.45) is 0.560. The van der Waals surface area contributed by atoms with Gasteiger partial charge in [-0.25, -0.2) is 9.18 Å². The molecule has 3 rings (SSSR count). The van der Waals surface area contributed by atoms with Crippen LogP contribution in [0, 0.1) is 0 Å². The van der Waals surface area contributed by atoms with Crippen LogP contribution < -0.4 is 5.32 Å². The van der Waals surface area contributed by atoms with Crippen LogP contribution in [0.2, 0.25) is 18.1 Å². The Balaban J connectivity index is 1.81. The summed E-state index contributed by atoms with van der Waals surface area (Å²) in [4.78, 5) is 30.2. The van der Waals surface area contributed by atoms with Gasteiger partial charge in [-0.3, -0.25) is 9.69 Å². The van der Waals surface area contributed by atoms with E-state index in [2.05, 4.69) is 39.2 Å². The second-order valence-corrected chi connectivity index (χ2v) is 17.1. The van der Waals surface area contributed by atoms with Crippen LogP contribution in [0.4, 0.5) is 9.18 Å². The Morgan fingerprint density at radius 1 is 1.16 bits per heavy atom. The van der Waals surface area contributed by atoms with Crippen molar-refractivity contribution in [3.8, 4) is 0 Å². The monoisotopic (exact) mass is 471 g/mol. The van der Waals surface area contributed by atoms with Crippen LogP contribution in [0.3, 0.4) is 0 Å². The van der Waals surface area contributed by atoms with Crippen molar-refractivity contribution in [3.05, 3.63) is 0 Å². The smallest absolute Gasteiger partial charge is 0.410 e. The van der Waals surface area contributed by atoms with Gasteiger partial charge in [0, 0.05) is 26.1 Å². The summed E-state index contributed by atoms with van der Waals surface area (Å²) in [6.45, 7) is 17.9. The van der Waals surface area contributed by atoms with Gasteiger partial charge in [-0.2, -0.15) is 0 Å². The summed E-state index contributed by atoms with van der Waals surface area (Å²) < 4.78 is 26.0. The highest BCUT2D eigenvalue weighted by Crippen LogP contribution is 2.46. The highest BCUT2D eigenvalue weighted by atomic mass is 28.4. The molecule has 2 heterocycles. The lowest BCUT2D eigenvalue weighted by Gasteiger charge is -2.48. The first-order chi connectivity index (χ1) is 14.5. The molecule has 184 valence electrons. The molecule has 1 spiro atoms. The van der Waals surface area contributed by atoms with E-state index in [1.165, 1.54) is 0 Å². The van der Waals surface area contributed by atoms with Crippen molar-refractivity contribution in [1.82, 2.24) is 15.1 Å². The largest absolute Gasteiger partial charge is 0.444 e. The number of rotatable bonds is 4. The van der Waals surface area contributed by atoms with Crippen LogP contribution >= 0.6 is 0 Å². The molecule has 9 heteroatoms. The number of nitrogens with zero attached hydrogens (tertiary/aromatic N) is 2. The maximum Gasteiger partial charge on any atom is 0.410 e. The van der Waals surface area contributed by atoms with Gasteiger partial charge >= 0.3 is 6.09 Å². The van der Waals surface area contributed by atoms with Crippen LogP contribution in [0.5, 0.6) is 0 Å². The van der Waals surface area contributed by atoms with Gasteiger partial charge in [-0.1, -0.05) is 20.8 Å². The average Bonchev–Trinajstić information content (AvgIpc) is 3.26. The summed E-state index contributed by atoms with van der Waals surface area (Å²) >= 11 is 0. The Morgan fingerprint density at radius 3 is 2.25 bits per heavy atom. The Hall–Kier alpha value is -1.19. The fourth-order valence-corrected chi connectivity index (χ4v) is 5.24. The minimum absolute atomic E-state index is 0.0352. The molecule has 0 aromatic rings. The van der Waals surface area contributed by atoms with E-state index < -0.39 is 26.1 Å². The molecule has 0 radical (unpaired) electrons. The van der Waals surface area contributed by atoms with Crippen molar-refractivity contribution in [2.45, 2.75) is 108 Å². The number of piperazine rings is 1. The lowest BCUT2D eigenvalue weighted by Crippen LogP contribution is -2.66. The lowest BCUT2D eigenvalue weighted by atomic mass is 10.0. The zero-order valence-electron chi connectivity index (χ0n) is 21.1. The van der Waals surface area contributed by atoms with E-state index in [-0.39, 0.29) is 41.6 Å². The second-order valence-electron chi connectivity index (χ2n) is 12.3. The van der Waals surface area contributed by atoms with Crippen LogP contribution in [-0.4, -0.2) is 85.8 Å². The first kappa shape index (κ1) is 25.4. The summed E-state index contributed by atoms with van der Waals surface area (Å²) in [5.74, 6) is -0.0795. The van der Waals surface area contributed by atoms with E-state index in [0.717, 1.165) is 12.8 Å². The molecule has 2 aliphatic heterocycles. The number of ether oxygens (including phenoxy) is 1. The van der Waals surface area contributed by atoms with E-state index in [1.807, 2.05) is 30.6 Å². The first-order valence-electron chi connectivity index (χ1n) is 11.9. The zero-order valence-corrected chi connectivity index (χ0v) is 22.1. The van der Waals surface area contributed by atoms with Crippen molar-refractivity contribution in [2.75, 3.05) is 26.2 Å². The highest BCUT2D eigenvalue weighted by molar-refractivity contribution is 6.74. The molecule has 1 saturated carbocycles. The Kier molecular flexibility index (Phi) is 6.79. The van der Waals surface area contributed by atoms with Crippen molar-refractivity contribution >= 4 is 20.3 Å². The van der Waals surface area contributed by atoms with Gasteiger partial charge in [0.25, 0.3) is 0 Å². The van der Waals surface area contributed by atoms with Crippen LogP contribution in [-0.2, 0) is 14.0 Å². The molecule has 3 aliphatic rings. The average molecular weight is 472 g/mol. The highest BCUT2D eigenvalue weighted by Gasteiger charge is 2.58. The molecule has 0 aromatic carbocycles. The van der Waals surface area contributed by atoms with Gasteiger partial charge in [0.1, 0.15) is 11.8 Å². The summed E-state index contributed by atoms with van der Waals surface area (Å²) in [5.41, 5.74) is -0.962. The lowest BCUT2D eigenvalue weighted by molar-refractivity contribution is -0.142. The third-order valence-electron chi connectivity index (χ3n) is 7.41. The van der Waals surface area contributed by atoms with Crippen molar-refractivity contribution in [2.24, 2.45) is 0 Å². The minimum atomic E-state index is -2.05. The van der Waals surface area contributed by atoms with E-state index in [0.29, 0.717) is 19.7 Å². The molecular weight excluding hydrogens is 429 g/mol. The molecule has 7 nitrogen and oxygen atoms in total. The third-order valence-corrected chi connectivity index (χ3v) is 11.9. The van der Waals surface area contributed by atoms with E-state index in [9.17, 15) is 14.0 Å². The van der Waals surface area contributed by atoms with Gasteiger partial charge in [0.2, 0.25) is 5.91 Å². The molecule has 1 N–H and O–H groups in total. The number of hydrogen-bond donors (Lipinski definition) is 1. The summed E-state index contributed by atoms with van der Waals surface area (Å²) in [7, 11) is -2.05. The summed E-state index contributed by atoms with van der Waals surface area (Å²) in [6, 6.07) is -0.792. The van der Waals surface area contributed by atoms with Gasteiger partial charge in [-0.05, 0) is 51.7 Å². The molecule has 3 fully saturated rings. The molecular formula is C23H42FN3O4Si. The SMILES string of the molecule is CC(C)(C)OC(=O)N1C[C@@H](CO[Si](C)(C)C(C)(C)C)N(C(=O)[C@@H]2C[C@@H](F)CN2)CC12CC2. The number of hydrogen-bond acceptors (Lipinski definition) is 5. The molecule has 2 amide bonds. The van der Waals surface area contributed by atoms with Crippen LogP contribution in [0.1, 0.15) is 60.8 Å². The van der Waals surface area contributed by atoms with Crippen molar-refractivity contribution < 1.29 is 23.1 Å². The number of halogens is 1. The van der Waals surface area contributed by atoms with Crippen LogP contribution in [0.25, 0.3) is 0 Å². The summed E-state index contributed by atoms with van der Waals surface area (Å²) in [5, 5.41) is 3.07. The van der Waals surface area contributed by atoms with E-state index in [1.54, 1.807) is 0 Å². The van der Waals surface area contributed by atoms with Crippen molar-refractivity contribution in [1.29, 1.82) is 0 Å². The quantitative estimate of drug-likeness (QED) is 0.633. The minimum Gasteiger partial charge on any atom is -0.444 e. The fraction of sp³-hybridized carbons (Fsp3) is 0.913. The number of carbonyl (C=O) groups is 2. The van der Waals surface area contributed by atoms with Crippen LogP contribution in [0.15, 0.2) is 0 Å². The van der Waals surface area contributed by atoms with Crippen molar-refractivity contribution in [3.63, 3.8) is 0 Å². The maximum absolute atomic E-state index is 13.8. The van der Waals surface area contributed by atoms with Gasteiger partial charge in [-0.15, -0.1) is 0 Å². The van der Waals surface area contributed by atoms with Gasteiger partial charge < -0.3 is 19.4 Å². The molecule has 1 aliphatic carbocycles. The third kappa shape index (κ3) is 5.47. The normalized spacial score (nSPS) is 28.2. The first-order valence-corrected chi connectivity index (χ1v) is 14.8. The molecule has 0 bridgehead atoms. The topological polar surface area (TPSA) is 71.1 Å². The molecule has 0 aromatic heterocycles. The number of alkyl halides is 1. The maximum atomic E-state index is 13.8. The predicted octanol–water partition coefficient (Wildman–Crippen LogP) is 3.69. The number of nitrogens with one attached hydrogen (secondary N) is 1. The Labute approximate surface area is 193 Å². The second kappa shape index (κ2) is 8.54. The Morgan fingerprint density at radius 2 is 1.78 bits per heavy atom. The zero-order chi connectivity index (χ0) is 24.1. The fourth-order valence-electron chi connectivity index (χ4n) is 4.19. The standard InChI is InChI=1S/C23H42FN3O4Si/c1-21(2,3)31-20(29)27-13-17(14-30-32(7,8)22(4,5)6)26(15-23(27)9-10-23)19(28)18-11-16(24)12-25-18/h16-18,25H,9-15H2,1-8H3/t16-,17+,18+/m1/s1. The van der Waals surface area contributed by atoms with Gasteiger partial charge in [0.15, 0.2) is 8.32 Å². The molecule has 3 atom stereocenters. The Bertz CT molecular complexity index is 730. The van der Waals surface area contributed by atoms with E-state index in [4.69, 9.17) is 9.16 Å². The number of carbonyl (C=O) groups excluding carboxylic acids is 2.